The zero-order valence-electron chi connectivity index (χ0n) is 11.3. The van der Waals surface area contributed by atoms with Crippen LogP contribution in [0.3, 0.4) is 0 Å². The maximum Gasteiger partial charge on any atom is 0.274 e. The summed E-state index contributed by atoms with van der Waals surface area (Å²) in [5, 5.41) is 4.79. The lowest BCUT2D eigenvalue weighted by atomic mass is 10.1. The maximum atomic E-state index is 12.3. The predicted octanol–water partition coefficient (Wildman–Crippen LogP) is 3.84. The highest BCUT2D eigenvalue weighted by molar-refractivity contribution is 6.34. The van der Waals surface area contributed by atoms with Crippen molar-refractivity contribution < 1.29 is 4.79 Å². The molecule has 0 radical (unpaired) electrons. The largest absolute Gasteiger partial charge is 0.319 e. The van der Waals surface area contributed by atoms with E-state index in [1.807, 2.05) is 37.3 Å². The number of pyridine rings is 2. The number of hydrogen-bond acceptors (Lipinski definition) is 3. The molecule has 3 aromatic rings. The SMILES string of the molecule is Cc1cncc(NC(=O)c2cc3ccccc3c(Cl)n2)c1. The van der Waals surface area contributed by atoms with Crippen LogP contribution in [0.25, 0.3) is 10.8 Å². The number of carbonyl (C=O) groups is 1. The van der Waals surface area contributed by atoms with Gasteiger partial charge in [0.25, 0.3) is 5.91 Å². The molecule has 0 fully saturated rings. The van der Waals surface area contributed by atoms with Crippen LogP contribution >= 0.6 is 11.6 Å². The Kier molecular flexibility index (Phi) is 3.54. The normalized spacial score (nSPS) is 10.6. The van der Waals surface area contributed by atoms with E-state index >= 15 is 0 Å². The van der Waals surface area contributed by atoms with Gasteiger partial charge in [-0.05, 0) is 30.0 Å². The van der Waals surface area contributed by atoms with Crippen LogP contribution in [0.15, 0.2) is 48.8 Å². The number of amides is 1. The average molecular weight is 298 g/mol. The number of benzene rings is 1. The van der Waals surface area contributed by atoms with E-state index < -0.39 is 0 Å². The van der Waals surface area contributed by atoms with E-state index in [0.717, 1.165) is 16.3 Å². The molecule has 1 aromatic carbocycles. The van der Waals surface area contributed by atoms with E-state index in [1.165, 1.54) is 0 Å². The second kappa shape index (κ2) is 5.50. The Morgan fingerprint density at radius 3 is 2.81 bits per heavy atom. The van der Waals surface area contributed by atoms with Crippen LogP contribution in [0.5, 0.6) is 0 Å². The Balaban J connectivity index is 1.94. The highest BCUT2D eigenvalue weighted by atomic mass is 35.5. The minimum Gasteiger partial charge on any atom is -0.319 e. The highest BCUT2D eigenvalue weighted by Crippen LogP contribution is 2.22. The Bertz CT molecular complexity index is 833. The smallest absolute Gasteiger partial charge is 0.274 e. The van der Waals surface area contributed by atoms with Crippen molar-refractivity contribution in [2.24, 2.45) is 0 Å². The van der Waals surface area contributed by atoms with Crippen molar-refractivity contribution in [3.63, 3.8) is 0 Å². The van der Waals surface area contributed by atoms with Gasteiger partial charge in [0, 0.05) is 11.6 Å². The van der Waals surface area contributed by atoms with Crippen molar-refractivity contribution >= 4 is 34.0 Å². The van der Waals surface area contributed by atoms with Crippen LogP contribution in [0.1, 0.15) is 16.1 Å². The Hall–Kier alpha value is -2.46. The minimum absolute atomic E-state index is 0.278. The monoisotopic (exact) mass is 297 g/mol. The van der Waals surface area contributed by atoms with Gasteiger partial charge >= 0.3 is 0 Å². The number of aromatic nitrogens is 2. The summed E-state index contributed by atoms with van der Waals surface area (Å²) >= 11 is 6.13. The predicted molar refractivity (Wildman–Crippen MR) is 83.7 cm³/mol. The third-order valence-electron chi connectivity index (χ3n) is 3.06. The Morgan fingerprint density at radius 2 is 2.00 bits per heavy atom. The van der Waals surface area contributed by atoms with Crippen molar-refractivity contribution in [3.8, 4) is 0 Å². The van der Waals surface area contributed by atoms with Gasteiger partial charge in [0.2, 0.25) is 0 Å². The molecule has 0 saturated carbocycles. The Labute approximate surface area is 126 Å². The van der Waals surface area contributed by atoms with Crippen LogP contribution in [0.2, 0.25) is 5.15 Å². The molecule has 104 valence electrons. The second-order valence-electron chi connectivity index (χ2n) is 4.72. The molecule has 3 rings (SSSR count). The molecule has 0 bridgehead atoms. The number of carbonyl (C=O) groups excluding carboxylic acids is 1. The first-order valence-corrected chi connectivity index (χ1v) is 6.79. The van der Waals surface area contributed by atoms with Crippen molar-refractivity contribution in [2.45, 2.75) is 6.92 Å². The summed E-state index contributed by atoms with van der Waals surface area (Å²) in [6, 6.07) is 11.1. The standard InChI is InChI=1S/C16H12ClN3O/c1-10-6-12(9-18-8-10)19-16(21)14-7-11-4-2-3-5-13(11)15(17)20-14/h2-9H,1H3,(H,19,21). The molecule has 5 heteroatoms. The number of aryl methyl sites for hydroxylation is 1. The molecule has 21 heavy (non-hydrogen) atoms. The van der Waals surface area contributed by atoms with Gasteiger partial charge in [0.15, 0.2) is 0 Å². The van der Waals surface area contributed by atoms with E-state index in [1.54, 1.807) is 18.5 Å². The lowest BCUT2D eigenvalue weighted by molar-refractivity contribution is 0.102. The second-order valence-corrected chi connectivity index (χ2v) is 5.08. The van der Waals surface area contributed by atoms with Crippen molar-refractivity contribution in [2.75, 3.05) is 5.32 Å². The number of nitrogens with one attached hydrogen (secondary N) is 1. The van der Waals surface area contributed by atoms with Gasteiger partial charge in [0.05, 0.1) is 11.9 Å². The van der Waals surface area contributed by atoms with Gasteiger partial charge in [-0.15, -0.1) is 0 Å². The molecule has 0 aliphatic rings. The minimum atomic E-state index is -0.310. The first-order chi connectivity index (χ1) is 10.1. The van der Waals surface area contributed by atoms with Crippen LogP contribution in [0.4, 0.5) is 5.69 Å². The molecule has 1 N–H and O–H groups in total. The molecule has 0 saturated heterocycles. The van der Waals surface area contributed by atoms with Gasteiger partial charge in [-0.1, -0.05) is 35.9 Å². The van der Waals surface area contributed by atoms with Crippen LogP contribution < -0.4 is 5.32 Å². The van der Waals surface area contributed by atoms with E-state index in [0.29, 0.717) is 10.8 Å². The third-order valence-corrected chi connectivity index (χ3v) is 3.35. The zero-order valence-corrected chi connectivity index (χ0v) is 12.1. The van der Waals surface area contributed by atoms with Gasteiger partial charge in [-0.2, -0.15) is 0 Å². The number of anilines is 1. The summed E-state index contributed by atoms with van der Waals surface area (Å²) in [5.41, 5.74) is 1.88. The first kappa shape index (κ1) is 13.5. The highest BCUT2D eigenvalue weighted by Gasteiger charge is 2.11. The summed E-state index contributed by atoms with van der Waals surface area (Å²) in [6.07, 6.45) is 3.31. The summed E-state index contributed by atoms with van der Waals surface area (Å²) in [5.74, 6) is -0.310. The average Bonchev–Trinajstić information content (AvgIpc) is 2.47. The summed E-state index contributed by atoms with van der Waals surface area (Å²) in [6.45, 7) is 1.91. The molecule has 2 heterocycles. The lowest BCUT2D eigenvalue weighted by Gasteiger charge is -2.07. The van der Waals surface area contributed by atoms with Crippen LogP contribution in [0, 0.1) is 6.92 Å². The molecular weight excluding hydrogens is 286 g/mol. The number of rotatable bonds is 2. The number of halogens is 1. The fourth-order valence-corrected chi connectivity index (χ4v) is 2.35. The van der Waals surface area contributed by atoms with E-state index in [9.17, 15) is 4.79 Å². The number of fused-ring (bicyclic) bond motifs is 1. The first-order valence-electron chi connectivity index (χ1n) is 6.42. The molecule has 0 unspecified atom stereocenters. The molecular formula is C16H12ClN3O. The zero-order chi connectivity index (χ0) is 14.8. The molecule has 2 aromatic heterocycles. The maximum absolute atomic E-state index is 12.3. The van der Waals surface area contributed by atoms with Crippen molar-refractivity contribution in [3.05, 3.63) is 65.2 Å². The van der Waals surface area contributed by atoms with Gasteiger partial charge < -0.3 is 5.32 Å². The molecule has 0 aliphatic heterocycles. The fourth-order valence-electron chi connectivity index (χ4n) is 2.09. The molecule has 4 nitrogen and oxygen atoms in total. The lowest BCUT2D eigenvalue weighted by Crippen LogP contribution is -2.14. The van der Waals surface area contributed by atoms with E-state index in [-0.39, 0.29) is 11.6 Å². The molecule has 0 aliphatic carbocycles. The van der Waals surface area contributed by atoms with Crippen LogP contribution in [-0.2, 0) is 0 Å². The van der Waals surface area contributed by atoms with E-state index in [4.69, 9.17) is 11.6 Å². The van der Waals surface area contributed by atoms with Crippen LogP contribution in [-0.4, -0.2) is 15.9 Å². The molecule has 0 atom stereocenters. The number of hydrogen-bond donors (Lipinski definition) is 1. The van der Waals surface area contributed by atoms with Gasteiger partial charge in [-0.3, -0.25) is 9.78 Å². The van der Waals surface area contributed by atoms with Crippen molar-refractivity contribution in [1.29, 1.82) is 0 Å². The quantitative estimate of drug-likeness (QED) is 0.731. The third kappa shape index (κ3) is 2.85. The van der Waals surface area contributed by atoms with Gasteiger partial charge in [0.1, 0.15) is 10.8 Å². The summed E-state index contributed by atoms with van der Waals surface area (Å²) in [7, 11) is 0. The fraction of sp³-hybridized carbons (Fsp3) is 0.0625. The van der Waals surface area contributed by atoms with Gasteiger partial charge in [-0.25, -0.2) is 4.98 Å². The number of nitrogens with zero attached hydrogens (tertiary/aromatic N) is 2. The van der Waals surface area contributed by atoms with Crippen molar-refractivity contribution in [1.82, 2.24) is 9.97 Å². The topological polar surface area (TPSA) is 54.9 Å². The molecule has 0 spiro atoms. The summed E-state index contributed by atoms with van der Waals surface area (Å²) in [4.78, 5) is 20.5. The summed E-state index contributed by atoms with van der Waals surface area (Å²) < 4.78 is 0. The van der Waals surface area contributed by atoms with E-state index in [2.05, 4.69) is 15.3 Å². The Morgan fingerprint density at radius 1 is 1.19 bits per heavy atom. The molecule has 1 amide bonds.